The third-order valence-corrected chi connectivity index (χ3v) is 3.47. The third-order valence-electron chi connectivity index (χ3n) is 3.10. The van der Waals surface area contributed by atoms with E-state index in [0.29, 0.717) is 18.8 Å². The van der Waals surface area contributed by atoms with Crippen molar-refractivity contribution < 1.29 is 0 Å². The fourth-order valence-corrected chi connectivity index (χ4v) is 2.00. The van der Waals surface area contributed by atoms with Gasteiger partial charge in [0.15, 0.2) is 0 Å². The Kier molecular flexibility index (Phi) is 4.98. The second-order valence-electron chi connectivity index (χ2n) is 5.01. The van der Waals surface area contributed by atoms with Gasteiger partial charge in [0, 0.05) is 26.0 Å². The quantitative estimate of drug-likeness (QED) is 0.855. The molecule has 0 amide bonds. The van der Waals surface area contributed by atoms with Crippen LogP contribution in [0.25, 0.3) is 0 Å². The Morgan fingerprint density at radius 3 is 2.81 bits per heavy atom. The first kappa shape index (κ1) is 15.5. The first-order valence-corrected chi connectivity index (χ1v) is 6.97. The van der Waals surface area contributed by atoms with Crippen molar-refractivity contribution in [2.75, 3.05) is 26.0 Å². The lowest BCUT2D eigenvalue weighted by molar-refractivity contribution is 0.367. The molecule has 0 aliphatic rings. The van der Waals surface area contributed by atoms with Crippen LogP contribution in [0, 0.1) is 0 Å². The highest BCUT2D eigenvalue weighted by molar-refractivity contribution is 6.32. The van der Waals surface area contributed by atoms with Crippen molar-refractivity contribution in [3.63, 3.8) is 0 Å². The number of likely N-dealkylation sites (N-methyl/N-ethyl adjacent to an activating group) is 1. The van der Waals surface area contributed by atoms with E-state index in [0.717, 1.165) is 12.4 Å². The molecule has 0 aliphatic heterocycles. The molecule has 0 unspecified atom stereocenters. The smallest absolute Gasteiger partial charge is 0.287 e. The molecule has 0 saturated heterocycles. The van der Waals surface area contributed by atoms with E-state index in [-0.39, 0.29) is 10.6 Å². The van der Waals surface area contributed by atoms with Gasteiger partial charge in [-0.1, -0.05) is 11.6 Å². The van der Waals surface area contributed by atoms with Crippen LogP contribution in [0.2, 0.25) is 5.02 Å². The summed E-state index contributed by atoms with van der Waals surface area (Å²) in [6, 6.07) is 0. The fourth-order valence-electron chi connectivity index (χ4n) is 1.78. The standard InChI is InChI=1S/C13H19ClN6O/c1-18(2)6-7-20-13(21)12(14)10(8-17-20)16-9-11-15-4-5-19(11)3/h4-5,8,16H,6-7,9H2,1-3H3. The second-order valence-corrected chi connectivity index (χ2v) is 5.39. The number of nitrogens with one attached hydrogen (secondary N) is 1. The van der Waals surface area contributed by atoms with E-state index in [1.807, 2.05) is 36.8 Å². The molecule has 2 heterocycles. The van der Waals surface area contributed by atoms with Crippen molar-refractivity contribution >= 4 is 17.3 Å². The lowest BCUT2D eigenvalue weighted by Gasteiger charge is -2.12. The molecule has 2 aromatic rings. The first-order chi connectivity index (χ1) is 9.99. The van der Waals surface area contributed by atoms with Gasteiger partial charge < -0.3 is 14.8 Å². The Morgan fingerprint density at radius 1 is 1.43 bits per heavy atom. The zero-order valence-corrected chi connectivity index (χ0v) is 13.1. The van der Waals surface area contributed by atoms with Gasteiger partial charge in [0.2, 0.25) is 0 Å². The monoisotopic (exact) mass is 310 g/mol. The lowest BCUT2D eigenvalue weighted by atomic mass is 10.4. The van der Waals surface area contributed by atoms with E-state index in [9.17, 15) is 4.79 Å². The molecule has 8 heteroatoms. The summed E-state index contributed by atoms with van der Waals surface area (Å²) in [5, 5.41) is 7.38. The van der Waals surface area contributed by atoms with E-state index in [1.165, 1.54) is 4.68 Å². The molecular formula is C13H19ClN6O. The highest BCUT2D eigenvalue weighted by Crippen LogP contribution is 2.15. The number of anilines is 1. The van der Waals surface area contributed by atoms with Crippen molar-refractivity contribution in [3.8, 4) is 0 Å². The van der Waals surface area contributed by atoms with E-state index in [1.54, 1.807) is 12.4 Å². The summed E-state index contributed by atoms with van der Waals surface area (Å²) in [6.07, 6.45) is 5.15. The number of hydrogen-bond acceptors (Lipinski definition) is 5. The number of aromatic nitrogens is 4. The first-order valence-electron chi connectivity index (χ1n) is 6.59. The van der Waals surface area contributed by atoms with Crippen molar-refractivity contribution in [3.05, 3.63) is 39.8 Å². The summed E-state index contributed by atoms with van der Waals surface area (Å²) in [5.41, 5.74) is 0.231. The van der Waals surface area contributed by atoms with Crippen LogP contribution < -0.4 is 10.9 Å². The molecule has 0 aliphatic carbocycles. The van der Waals surface area contributed by atoms with Gasteiger partial charge in [0.25, 0.3) is 5.56 Å². The Balaban J connectivity index is 2.09. The molecule has 0 radical (unpaired) electrons. The van der Waals surface area contributed by atoms with Crippen LogP contribution in [0.5, 0.6) is 0 Å². The van der Waals surface area contributed by atoms with Crippen molar-refractivity contribution in [2.24, 2.45) is 7.05 Å². The van der Waals surface area contributed by atoms with E-state index >= 15 is 0 Å². The Hall–Kier alpha value is -1.86. The average molecular weight is 311 g/mol. The topological polar surface area (TPSA) is 68.0 Å². The second kappa shape index (κ2) is 6.73. The summed E-state index contributed by atoms with van der Waals surface area (Å²) >= 11 is 6.12. The summed E-state index contributed by atoms with van der Waals surface area (Å²) in [6.45, 7) is 1.71. The lowest BCUT2D eigenvalue weighted by Crippen LogP contribution is -2.29. The summed E-state index contributed by atoms with van der Waals surface area (Å²) in [5.74, 6) is 0.850. The van der Waals surface area contributed by atoms with Gasteiger partial charge in [-0.15, -0.1) is 0 Å². The Morgan fingerprint density at radius 2 is 2.19 bits per heavy atom. The van der Waals surface area contributed by atoms with E-state index < -0.39 is 0 Å². The maximum Gasteiger partial charge on any atom is 0.287 e. The number of aryl methyl sites for hydroxylation is 1. The van der Waals surface area contributed by atoms with E-state index in [4.69, 9.17) is 11.6 Å². The largest absolute Gasteiger partial charge is 0.375 e. The maximum absolute atomic E-state index is 12.1. The Labute approximate surface area is 128 Å². The minimum absolute atomic E-state index is 0.151. The van der Waals surface area contributed by atoms with Crippen LogP contribution in [0.4, 0.5) is 5.69 Å². The molecule has 1 N–H and O–H groups in total. The molecule has 2 aromatic heterocycles. The third kappa shape index (κ3) is 3.83. The molecule has 0 fully saturated rings. The number of rotatable bonds is 6. The summed E-state index contributed by atoms with van der Waals surface area (Å²) in [4.78, 5) is 18.3. The SMILES string of the molecule is CN(C)CCn1ncc(NCc2nccn2C)c(Cl)c1=O. The van der Waals surface area contributed by atoms with Crippen LogP contribution in [0.1, 0.15) is 5.82 Å². The predicted octanol–water partition coefficient (Wildman–Crippen LogP) is 0.804. The summed E-state index contributed by atoms with van der Waals surface area (Å²) < 4.78 is 3.26. The van der Waals surface area contributed by atoms with Gasteiger partial charge in [-0.3, -0.25) is 4.79 Å². The van der Waals surface area contributed by atoms with Crippen LogP contribution >= 0.6 is 11.6 Å². The number of nitrogens with zero attached hydrogens (tertiary/aromatic N) is 5. The van der Waals surface area contributed by atoms with Gasteiger partial charge in [-0.05, 0) is 14.1 Å². The molecule has 0 atom stereocenters. The molecule has 2 rings (SSSR count). The molecule has 114 valence electrons. The molecule has 7 nitrogen and oxygen atoms in total. The van der Waals surface area contributed by atoms with Gasteiger partial charge >= 0.3 is 0 Å². The zero-order chi connectivity index (χ0) is 15.4. The highest BCUT2D eigenvalue weighted by atomic mass is 35.5. The van der Waals surface area contributed by atoms with Gasteiger partial charge in [0.1, 0.15) is 10.8 Å². The van der Waals surface area contributed by atoms with Crippen molar-refractivity contribution in [2.45, 2.75) is 13.1 Å². The van der Waals surface area contributed by atoms with Crippen LogP contribution in [0.3, 0.4) is 0 Å². The molecule has 0 saturated carbocycles. The minimum Gasteiger partial charge on any atom is -0.375 e. The molecule has 0 bridgehead atoms. The number of halogens is 1. The van der Waals surface area contributed by atoms with Crippen LogP contribution in [-0.2, 0) is 20.1 Å². The normalized spacial score (nSPS) is 11.1. The highest BCUT2D eigenvalue weighted by Gasteiger charge is 2.10. The Bertz CT molecular complexity index is 663. The van der Waals surface area contributed by atoms with Gasteiger partial charge in [0.05, 0.1) is 25.0 Å². The van der Waals surface area contributed by atoms with Crippen LogP contribution in [0.15, 0.2) is 23.4 Å². The molecule has 21 heavy (non-hydrogen) atoms. The van der Waals surface area contributed by atoms with Crippen molar-refractivity contribution in [1.29, 1.82) is 0 Å². The summed E-state index contributed by atoms with van der Waals surface area (Å²) in [7, 11) is 5.79. The maximum atomic E-state index is 12.1. The zero-order valence-electron chi connectivity index (χ0n) is 12.4. The number of imidazole rings is 1. The minimum atomic E-state index is -0.289. The molecular weight excluding hydrogens is 292 g/mol. The fraction of sp³-hybridized carbons (Fsp3) is 0.462. The van der Waals surface area contributed by atoms with Crippen LogP contribution in [-0.4, -0.2) is 44.9 Å². The van der Waals surface area contributed by atoms with Gasteiger partial charge in [-0.2, -0.15) is 5.10 Å². The average Bonchev–Trinajstić information content (AvgIpc) is 2.85. The van der Waals surface area contributed by atoms with Crippen molar-refractivity contribution in [1.82, 2.24) is 24.2 Å². The molecule has 0 spiro atoms. The predicted molar refractivity (Wildman–Crippen MR) is 82.6 cm³/mol. The number of hydrogen-bond donors (Lipinski definition) is 1. The molecule has 0 aromatic carbocycles. The van der Waals surface area contributed by atoms with Gasteiger partial charge in [-0.25, -0.2) is 9.67 Å². The van der Waals surface area contributed by atoms with E-state index in [2.05, 4.69) is 15.4 Å².